The van der Waals surface area contributed by atoms with E-state index in [0.29, 0.717) is 43.6 Å². The molecule has 2 aromatic carbocycles. The molecule has 1 saturated heterocycles. The summed E-state index contributed by atoms with van der Waals surface area (Å²) in [6.07, 6.45) is 1.49. The van der Waals surface area contributed by atoms with Crippen LogP contribution in [0.5, 0.6) is 0 Å². The molecular weight excluding hydrogens is 579 g/mol. The van der Waals surface area contributed by atoms with Gasteiger partial charge in [0.1, 0.15) is 23.8 Å². The molecule has 9 heteroatoms. The second-order valence-electron chi connectivity index (χ2n) is 12.9. The van der Waals surface area contributed by atoms with Crippen molar-refractivity contribution in [2.45, 2.75) is 85.5 Å². The number of carbonyl (C=O) groups excluding carboxylic acids is 2. The van der Waals surface area contributed by atoms with Gasteiger partial charge in [0.05, 0.1) is 6.04 Å². The maximum Gasteiger partial charge on any atom is 0.287 e. The number of hydrogen-bond donors (Lipinski definition) is 1. The van der Waals surface area contributed by atoms with Crippen LogP contribution in [0.3, 0.4) is 0 Å². The molecule has 1 N–H and O–H groups in total. The van der Waals surface area contributed by atoms with Gasteiger partial charge < -0.3 is 14.8 Å². The number of likely N-dealkylation sites (tertiary alicyclic amines) is 1. The van der Waals surface area contributed by atoms with Gasteiger partial charge >= 0.3 is 0 Å². The van der Waals surface area contributed by atoms with E-state index in [1.165, 1.54) is 19.2 Å². The second-order valence-corrected chi connectivity index (χ2v) is 12.9. The Bertz CT molecular complexity index is 1600. The normalized spacial score (nSPS) is 16.6. The molecule has 4 rings (SSSR count). The van der Waals surface area contributed by atoms with Crippen LogP contribution in [0.1, 0.15) is 79.9 Å². The Morgan fingerprint density at radius 2 is 1.73 bits per heavy atom. The van der Waals surface area contributed by atoms with E-state index in [-0.39, 0.29) is 30.1 Å². The number of aromatic nitrogens is 1. The fraction of sp³-hybridized carbons (Fsp3) is 0.472. The number of benzene rings is 2. The number of pyridine rings is 1. The van der Waals surface area contributed by atoms with Gasteiger partial charge in [0.25, 0.3) is 5.56 Å². The summed E-state index contributed by atoms with van der Waals surface area (Å²) >= 11 is 0. The third kappa shape index (κ3) is 8.31. The predicted octanol–water partition coefficient (Wildman–Crippen LogP) is 6.73. The Morgan fingerprint density at radius 3 is 2.33 bits per heavy atom. The summed E-state index contributed by atoms with van der Waals surface area (Å²) in [6.45, 7) is 12.2. The van der Waals surface area contributed by atoms with Crippen molar-refractivity contribution < 1.29 is 22.8 Å². The molecule has 6 nitrogen and oxygen atoms in total. The Balaban J connectivity index is 1.71. The summed E-state index contributed by atoms with van der Waals surface area (Å²) in [6, 6.07) is 8.38. The van der Waals surface area contributed by atoms with Crippen LogP contribution in [0.4, 0.5) is 13.2 Å². The number of amides is 1. The zero-order valence-electron chi connectivity index (χ0n) is 27.1. The van der Waals surface area contributed by atoms with E-state index in [4.69, 9.17) is 0 Å². The maximum absolute atomic E-state index is 15.8. The first-order valence-electron chi connectivity index (χ1n) is 15.7. The lowest BCUT2D eigenvalue weighted by Crippen LogP contribution is -2.41. The molecule has 2 heterocycles. The Labute approximate surface area is 263 Å². The number of aryl methyl sites for hydroxylation is 3. The van der Waals surface area contributed by atoms with Crippen molar-refractivity contribution in [3.8, 4) is 11.1 Å². The molecule has 0 spiro atoms. The van der Waals surface area contributed by atoms with E-state index in [2.05, 4.69) is 5.32 Å². The summed E-state index contributed by atoms with van der Waals surface area (Å²) in [5.74, 6) is -2.43. The third-order valence-electron chi connectivity index (χ3n) is 8.56. The molecule has 0 bridgehead atoms. The van der Waals surface area contributed by atoms with E-state index < -0.39 is 41.4 Å². The van der Waals surface area contributed by atoms with Gasteiger partial charge in [-0.3, -0.25) is 14.4 Å². The predicted molar refractivity (Wildman–Crippen MR) is 171 cm³/mol. The van der Waals surface area contributed by atoms with Gasteiger partial charge in [0.15, 0.2) is 5.82 Å². The van der Waals surface area contributed by atoms with Crippen molar-refractivity contribution in [3.63, 3.8) is 0 Å². The molecule has 3 aromatic rings. The van der Waals surface area contributed by atoms with E-state index >= 15 is 4.39 Å². The quantitative estimate of drug-likeness (QED) is 0.243. The summed E-state index contributed by atoms with van der Waals surface area (Å²) in [5.41, 5.74) is 3.84. The Kier molecular flexibility index (Phi) is 11.1. The first kappa shape index (κ1) is 34.2. The van der Waals surface area contributed by atoms with Crippen molar-refractivity contribution in [1.29, 1.82) is 0 Å². The molecule has 0 aliphatic carbocycles. The Morgan fingerprint density at radius 1 is 1.04 bits per heavy atom. The fourth-order valence-corrected chi connectivity index (χ4v) is 6.32. The van der Waals surface area contributed by atoms with Gasteiger partial charge in [0, 0.05) is 37.8 Å². The molecule has 45 heavy (non-hydrogen) atoms. The highest BCUT2D eigenvalue weighted by Gasteiger charge is 2.30. The summed E-state index contributed by atoms with van der Waals surface area (Å²) in [5, 5.41) is 2.86. The van der Waals surface area contributed by atoms with Crippen molar-refractivity contribution in [2.75, 3.05) is 19.6 Å². The van der Waals surface area contributed by atoms with Crippen LogP contribution in [0.15, 0.2) is 47.4 Å². The number of alkyl halides is 1. The molecule has 0 saturated carbocycles. The number of nitrogens with zero attached hydrogens (tertiary/aromatic N) is 2. The van der Waals surface area contributed by atoms with Gasteiger partial charge in [-0.1, -0.05) is 32.0 Å². The first-order valence-corrected chi connectivity index (χ1v) is 15.7. The van der Waals surface area contributed by atoms with Crippen molar-refractivity contribution in [2.24, 2.45) is 5.92 Å². The minimum Gasteiger partial charge on any atom is -0.347 e. The van der Waals surface area contributed by atoms with Crippen LogP contribution in [0, 0.1) is 38.3 Å². The lowest BCUT2D eigenvalue weighted by atomic mass is 9.90. The van der Waals surface area contributed by atoms with E-state index in [9.17, 15) is 23.2 Å². The first-order chi connectivity index (χ1) is 21.2. The SMILES string of the molecule is CC(=O)C[C@H](NC(=O)C(CC(C)C)n1cc(CCN2CC[C@@H](F)C2)cc(F)c1=O)c1cc(-c2c(C)cccc2C)cc(C)c1F. The van der Waals surface area contributed by atoms with Crippen molar-refractivity contribution in [3.05, 3.63) is 92.4 Å². The molecule has 1 unspecified atom stereocenters. The molecule has 1 aromatic heterocycles. The number of nitrogens with one attached hydrogen (secondary N) is 1. The average Bonchev–Trinajstić information content (AvgIpc) is 3.38. The Hall–Kier alpha value is -3.72. The minimum absolute atomic E-state index is 0.0527. The second kappa shape index (κ2) is 14.6. The molecule has 1 amide bonds. The number of carbonyl (C=O) groups is 2. The summed E-state index contributed by atoms with van der Waals surface area (Å²) < 4.78 is 45.6. The van der Waals surface area contributed by atoms with Gasteiger partial charge in [-0.2, -0.15) is 0 Å². The average molecular weight is 624 g/mol. The molecule has 0 radical (unpaired) electrons. The van der Waals surface area contributed by atoms with Crippen LogP contribution < -0.4 is 10.9 Å². The highest BCUT2D eigenvalue weighted by atomic mass is 19.1. The maximum atomic E-state index is 15.8. The number of hydrogen-bond acceptors (Lipinski definition) is 4. The highest BCUT2D eigenvalue weighted by Crippen LogP contribution is 2.34. The zero-order chi connectivity index (χ0) is 33.0. The zero-order valence-corrected chi connectivity index (χ0v) is 27.1. The van der Waals surface area contributed by atoms with Crippen LogP contribution >= 0.6 is 0 Å². The lowest BCUT2D eigenvalue weighted by molar-refractivity contribution is -0.126. The summed E-state index contributed by atoms with van der Waals surface area (Å²) in [4.78, 5) is 41.5. The molecule has 3 atom stereocenters. The topological polar surface area (TPSA) is 71.4 Å². The van der Waals surface area contributed by atoms with Gasteiger partial charge in [-0.25, -0.2) is 13.2 Å². The monoisotopic (exact) mass is 623 g/mol. The molecular formula is C36H44F3N3O3. The van der Waals surface area contributed by atoms with Crippen LogP contribution in [-0.2, 0) is 16.0 Å². The number of Topliss-reactive ketones (excluding diaryl/α,β-unsaturated/α-hetero) is 1. The number of halogens is 3. The van der Waals surface area contributed by atoms with E-state index in [0.717, 1.165) is 26.8 Å². The van der Waals surface area contributed by atoms with Gasteiger partial charge in [0.2, 0.25) is 5.91 Å². The van der Waals surface area contributed by atoms with E-state index in [1.807, 2.05) is 50.8 Å². The lowest BCUT2D eigenvalue weighted by Gasteiger charge is -2.26. The largest absolute Gasteiger partial charge is 0.347 e. The molecule has 242 valence electrons. The van der Waals surface area contributed by atoms with E-state index in [1.54, 1.807) is 19.1 Å². The molecule has 1 aliphatic rings. The standard InChI is InChI=1S/C36H44F3N3O3/c1-21(2)14-32(42-19-26(17-30(38)36(42)45)10-12-41-13-11-28(37)20-41)35(44)40-31(16-25(6)43)29-18-27(15-24(5)34(29)39)33-22(3)8-7-9-23(33)4/h7-9,15,17-19,21,28,31-32H,10-14,16,20H2,1-6H3,(H,40,44)/t28-,31+,32?/m1/s1. The van der Waals surface area contributed by atoms with Crippen LogP contribution in [-0.4, -0.2) is 47.0 Å². The van der Waals surface area contributed by atoms with Crippen LogP contribution in [0.25, 0.3) is 11.1 Å². The molecule has 1 fully saturated rings. The molecule has 1 aliphatic heterocycles. The number of rotatable bonds is 12. The summed E-state index contributed by atoms with van der Waals surface area (Å²) in [7, 11) is 0. The van der Waals surface area contributed by atoms with Gasteiger partial charge in [-0.15, -0.1) is 0 Å². The van der Waals surface area contributed by atoms with Gasteiger partial charge in [-0.05, 0) is 104 Å². The smallest absolute Gasteiger partial charge is 0.287 e. The number of ketones is 1. The van der Waals surface area contributed by atoms with Crippen molar-refractivity contribution >= 4 is 11.7 Å². The van der Waals surface area contributed by atoms with Crippen molar-refractivity contribution in [1.82, 2.24) is 14.8 Å². The highest BCUT2D eigenvalue weighted by molar-refractivity contribution is 5.83. The third-order valence-corrected chi connectivity index (χ3v) is 8.56. The van der Waals surface area contributed by atoms with Crippen LogP contribution in [0.2, 0.25) is 0 Å². The minimum atomic E-state index is -1.10. The fourth-order valence-electron chi connectivity index (χ4n) is 6.32.